The molecular formula is C14H17ClF3NO2. The number of aliphatic carboxylic acids is 1. The van der Waals surface area contributed by atoms with E-state index in [1.54, 1.807) is 0 Å². The van der Waals surface area contributed by atoms with Crippen molar-refractivity contribution >= 4 is 18.4 Å². The lowest BCUT2D eigenvalue weighted by Gasteiger charge is -2.27. The van der Waals surface area contributed by atoms with Crippen LogP contribution in [0.15, 0.2) is 30.3 Å². The molecule has 0 radical (unpaired) electrons. The van der Waals surface area contributed by atoms with Crippen LogP contribution in [-0.4, -0.2) is 23.3 Å². The first-order valence-corrected chi connectivity index (χ1v) is 6.42. The lowest BCUT2D eigenvalue weighted by atomic mass is 9.85. The van der Waals surface area contributed by atoms with Crippen LogP contribution >= 0.6 is 12.4 Å². The van der Waals surface area contributed by atoms with E-state index in [1.165, 1.54) is 0 Å². The third-order valence-electron chi connectivity index (χ3n) is 3.90. The summed E-state index contributed by atoms with van der Waals surface area (Å²) in [5, 5.41) is 12.0. The summed E-state index contributed by atoms with van der Waals surface area (Å²) in [6.07, 6.45) is -5.25. The zero-order valence-electron chi connectivity index (χ0n) is 11.2. The van der Waals surface area contributed by atoms with Gasteiger partial charge in [0.05, 0.1) is 0 Å². The van der Waals surface area contributed by atoms with Gasteiger partial charge in [-0.3, -0.25) is 4.79 Å². The molecule has 2 atom stereocenters. The lowest BCUT2D eigenvalue weighted by Crippen LogP contribution is -2.44. The average molecular weight is 324 g/mol. The van der Waals surface area contributed by atoms with Crippen molar-refractivity contribution < 1.29 is 23.1 Å². The van der Waals surface area contributed by atoms with Gasteiger partial charge < -0.3 is 10.4 Å². The first kappa shape index (κ1) is 17.8. The normalized spacial score (nSPS) is 25.4. The van der Waals surface area contributed by atoms with Crippen LogP contribution in [0, 0.1) is 5.41 Å². The molecule has 2 N–H and O–H groups in total. The van der Waals surface area contributed by atoms with Crippen LogP contribution in [0.25, 0.3) is 0 Å². The molecule has 1 fully saturated rings. The van der Waals surface area contributed by atoms with E-state index in [1.807, 2.05) is 30.3 Å². The summed E-state index contributed by atoms with van der Waals surface area (Å²) >= 11 is 0. The Kier molecular flexibility index (Phi) is 5.64. The maximum absolute atomic E-state index is 13.0. The summed E-state index contributed by atoms with van der Waals surface area (Å²) in [5.74, 6) is -1.77. The van der Waals surface area contributed by atoms with Crippen molar-refractivity contribution in [3.05, 3.63) is 35.9 Å². The molecule has 118 valence electrons. The average Bonchev–Trinajstić information content (AvgIpc) is 2.83. The summed E-state index contributed by atoms with van der Waals surface area (Å²) < 4.78 is 39.0. The monoisotopic (exact) mass is 323 g/mol. The van der Waals surface area contributed by atoms with Gasteiger partial charge in [0.25, 0.3) is 0 Å². The number of hydrogen-bond donors (Lipinski definition) is 2. The van der Waals surface area contributed by atoms with Crippen molar-refractivity contribution in [2.24, 2.45) is 5.41 Å². The summed E-state index contributed by atoms with van der Waals surface area (Å²) in [5.41, 5.74) is -1.63. The summed E-state index contributed by atoms with van der Waals surface area (Å²) in [6.45, 7) is 0.444. The number of carboxylic acid groups (broad SMARTS) is 1. The Morgan fingerprint density at radius 2 is 1.95 bits per heavy atom. The predicted molar refractivity (Wildman–Crippen MR) is 74.3 cm³/mol. The Balaban J connectivity index is 0.00000220. The van der Waals surface area contributed by atoms with Crippen LogP contribution < -0.4 is 5.32 Å². The minimum absolute atomic E-state index is 0. The SMILES string of the molecule is Cl.O=C(O)C1(C(F)(F)F)CCC(NCc2ccccc2)C1. The third-order valence-corrected chi connectivity index (χ3v) is 3.90. The zero-order valence-corrected chi connectivity index (χ0v) is 12.0. The van der Waals surface area contributed by atoms with E-state index in [0.717, 1.165) is 5.56 Å². The quantitative estimate of drug-likeness (QED) is 0.893. The van der Waals surface area contributed by atoms with Crippen molar-refractivity contribution in [2.45, 2.75) is 38.0 Å². The fourth-order valence-electron chi connectivity index (χ4n) is 2.65. The van der Waals surface area contributed by atoms with Crippen molar-refractivity contribution in [1.82, 2.24) is 5.32 Å². The van der Waals surface area contributed by atoms with E-state index in [2.05, 4.69) is 5.32 Å². The summed E-state index contributed by atoms with van der Waals surface area (Å²) in [6, 6.07) is 8.88. The molecule has 1 aliphatic carbocycles. The van der Waals surface area contributed by atoms with Crippen molar-refractivity contribution in [3.8, 4) is 0 Å². The number of nitrogens with one attached hydrogen (secondary N) is 1. The van der Waals surface area contributed by atoms with Gasteiger partial charge in [0.15, 0.2) is 5.41 Å². The Morgan fingerprint density at radius 3 is 2.43 bits per heavy atom. The van der Waals surface area contributed by atoms with E-state index < -0.39 is 30.0 Å². The summed E-state index contributed by atoms with van der Waals surface area (Å²) in [7, 11) is 0. The molecule has 1 aliphatic rings. The number of alkyl halides is 3. The Bertz CT molecular complexity index is 481. The molecule has 7 heteroatoms. The van der Waals surface area contributed by atoms with Crippen LogP contribution in [-0.2, 0) is 11.3 Å². The van der Waals surface area contributed by atoms with Gasteiger partial charge in [-0.05, 0) is 24.8 Å². The molecule has 0 saturated heterocycles. The van der Waals surface area contributed by atoms with E-state index in [-0.39, 0.29) is 25.2 Å². The molecule has 1 aromatic rings. The molecule has 0 aliphatic heterocycles. The second-order valence-electron chi connectivity index (χ2n) is 5.19. The highest BCUT2D eigenvalue weighted by Gasteiger charge is 2.63. The van der Waals surface area contributed by atoms with E-state index in [4.69, 9.17) is 5.11 Å². The molecule has 0 amide bonds. The molecule has 0 heterocycles. The lowest BCUT2D eigenvalue weighted by molar-refractivity contribution is -0.230. The van der Waals surface area contributed by atoms with Gasteiger partial charge in [-0.15, -0.1) is 12.4 Å². The van der Waals surface area contributed by atoms with Gasteiger partial charge in [0.1, 0.15) is 0 Å². The molecule has 0 bridgehead atoms. The second kappa shape index (κ2) is 6.66. The molecule has 3 nitrogen and oxygen atoms in total. The Hall–Kier alpha value is -1.27. The number of hydrogen-bond acceptors (Lipinski definition) is 2. The fraction of sp³-hybridized carbons (Fsp3) is 0.500. The minimum atomic E-state index is -4.71. The first-order valence-electron chi connectivity index (χ1n) is 6.42. The van der Waals surface area contributed by atoms with Gasteiger partial charge in [0, 0.05) is 12.6 Å². The molecule has 0 aromatic heterocycles. The van der Waals surface area contributed by atoms with Crippen LogP contribution in [0.5, 0.6) is 0 Å². The minimum Gasteiger partial charge on any atom is -0.481 e. The maximum atomic E-state index is 13.0. The number of halogens is 4. The first-order chi connectivity index (χ1) is 9.35. The van der Waals surface area contributed by atoms with Crippen molar-refractivity contribution in [2.75, 3.05) is 0 Å². The highest BCUT2D eigenvalue weighted by atomic mass is 35.5. The second-order valence-corrected chi connectivity index (χ2v) is 5.19. The maximum Gasteiger partial charge on any atom is 0.404 e. The predicted octanol–water partition coefficient (Wildman–Crippen LogP) is 3.38. The zero-order chi connectivity index (χ0) is 14.8. The summed E-state index contributed by atoms with van der Waals surface area (Å²) in [4.78, 5) is 11.0. The fourth-order valence-corrected chi connectivity index (χ4v) is 2.65. The highest BCUT2D eigenvalue weighted by molar-refractivity contribution is 5.85. The smallest absolute Gasteiger partial charge is 0.404 e. The third kappa shape index (κ3) is 3.68. The van der Waals surface area contributed by atoms with Gasteiger partial charge in [-0.1, -0.05) is 30.3 Å². The van der Waals surface area contributed by atoms with Crippen LogP contribution in [0.2, 0.25) is 0 Å². The molecule has 2 rings (SSSR count). The molecular weight excluding hydrogens is 307 g/mol. The van der Waals surface area contributed by atoms with Crippen molar-refractivity contribution in [3.63, 3.8) is 0 Å². The van der Waals surface area contributed by atoms with Crippen LogP contribution in [0.1, 0.15) is 24.8 Å². The molecule has 2 unspecified atom stereocenters. The van der Waals surface area contributed by atoms with E-state index in [9.17, 15) is 18.0 Å². The number of rotatable bonds is 4. The molecule has 21 heavy (non-hydrogen) atoms. The van der Waals surface area contributed by atoms with Crippen LogP contribution in [0.3, 0.4) is 0 Å². The van der Waals surface area contributed by atoms with E-state index in [0.29, 0.717) is 6.54 Å². The van der Waals surface area contributed by atoms with Crippen LogP contribution in [0.4, 0.5) is 13.2 Å². The molecule has 0 spiro atoms. The number of carboxylic acids is 1. The number of benzene rings is 1. The highest BCUT2D eigenvalue weighted by Crippen LogP contribution is 2.50. The van der Waals surface area contributed by atoms with Gasteiger partial charge in [0.2, 0.25) is 0 Å². The molecule has 1 saturated carbocycles. The van der Waals surface area contributed by atoms with Crippen molar-refractivity contribution in [1.29, 1.82) is 0 Å². The van der Waals surface area contributed by atoms with Gasteiger partial charge in [-0.2, -0.15) is 13.2 Å². The van der Waals surface area contributed by atoms with Gasteiger partial charge >= 0.3 is 12.1 Å². The van der Waals surface area contributed by atoms with Gasteiger partial charge in [-0.25, -0.2) is 0 Å². The van der Waals surface area contributed by atoms with E-state index >= 15 is 0 Å². The largest absolute Gasteiger partial charge is 0.481 e. The standard InChI is InChI=1S/C14H16F3NO2.ClH/c15-14(16,17)13(12(19)20)7-6-11(8-13)18-9-10-4-2-1-3-5-10;/h1-5,11,18H,6-9H2,(H,19,20);1H. The Morgan fingerprint density at radius 1 is 1.33 bits per heavy atom. The molecule has 1 aromatic carbocycles. The number of carbonyl (C=O) groups is 1. The topological polar surface area (TPSA) is 49.3 Å². The Labute approximate surface area is 127 Å².